The molecule has 7 nitrogen and oxygen atoms in total. The minimum atomic E-state index is -0.892. The van der Waals surface area contributed by atoms with Crippen LogP contribution in [0.2, 0.25) is 0 Å². The van der Waals surface area contributed by atoms with Crippen molar-refractivity contribution in [3.63, 3.8) is 0 Å². The van der Waals surface area contributed by atoms with E-state index in [1.807, 2.05) is 36.5 Å². The molecule has 0 amide bonds. The molecule has 3 aromatic rings. The third-order valence-corrected chi connectivity index (χ3v) is 5.75. The zero-order chi connectivity index (χ0) is 22.3. The van der Waals surface area contributed by atoms with Crippen LogP contribution in [0.25, 0.3) is 11.1 Å². The molecule has 1 spiro atoms. The molecule has 1 unspecified atom stereocenters. The number of ether oxygens (including phenoxy) is 3. The summed E-state index contributed by atoms with van der Waals surface area (Å²) >= 11 is 0. The Morgan fingerprint density at radius 2 is 1.97 bits per heavy atom. The van der Waals surface area contributed by atoms with Crippen LogP contribution in [0.4, 0.5) is 0 Å². The van der Waals surface area contributed by atoms with E-state index < -0.39 is 5.54 Å². The molecule has 0 saturated carbocycles. The number of fused-ring (bicyclic) bond motifs is 4. The first-order valence-corrected chi connectivity index (χ1v) is 10.7. The number of benzene rings is 1. The third kappa shape index (κ3) is 3.53. The number of nitrogens with zero attached hydrogens (tertiary/aromatic N) is 3. The highest BCUT2D eigenvalue weighted by Gasteiger charge is 2.49. The Labute approximate surface area is 187 Å². The van der Waals surface area contributed by atoms with E-state index in [1.165, 1.54) is 0 Å². The summed E-state index contributed by atoms with van der Waals surface area (Å²) in [5, 5.41) is 0. The van der Waals surface area contributed by atoms with E-state index >= 15 is 0 Å². The van der Waals surface area contributed by atoms with Gasteiger partial charge in [-0.1, -0.05) is 32.9 Å². The molecule has 4 heterocycles. The minimum Gasteiger partial charge on any atom is -0.477 e. The van der Waals surface area contributed by atoms with Crippen LogP contribution in [-0.4, -0.2) is 29.2 Å². The molecular weight excluding hydrogens is 404 g/mol. The van der Waals surface area contributed by atoms with Crippen LogP contribution in [0.1, 0.15) is 38.3 Å². The van der Waals surface area contributed by atoms with E-state index in [0.717, 1.165) is 28.7 Å². The Bertz CT molecular complexity index is 1190. The first kappa shape index (κ1) is 20.3. The van der Waals surface area contributed by atoms with Crippen molar-refractivity contribution in [1.29, 1.82) is 0 Å². The van der Waals surface area contributed by atoms with Crippen LogP contribution < -0.4 is 15.2 Å². The molecular formula is C25H26N4O3. The number of aromatic nitrogens is 2. The Balaban J connectivity index is 1.63. The van der Waals surface area contributed by atoms with Gasteiger partial charge in [0, 0.05) is 29.7 Å². The van der Waals surface area contributed by atoms with Gasteiger partial charge in [0.2, 0.25) is 5.88 Å². The molecule has 0 fully saturated rings. The van der Waals surface area contributed by atoms with Crippen LogP contribution >= 0.6 is 0 Å². The number of pyridine rings is 2. The lowest BCUT2D eigenvalue weighted by Crippen LogP contribution is -2.32. The summed E-state index contributed by atoms with van der Waals surface area (Å²) in [5.41, 5.74) is 8.89. The topological polar surface area (TPSA) is 91.9 Å². The largest absolute Gasteiger partial charge is 0.477 e. The van der Waals surface area contributed by atoms with Crippen molar-refractivity contribution in [1.82, 2.24) is 9.97 Å². The number of amidine groups is 1. The Kier molecular flexibility index (Phi) is 4.77. The van der Waals surface area contributed by atoms with Crippen molar-refractivity contribution in [3.05, 3.63) is 66.1 Å². The summed E-state index contributed by atoms with van der Waals surface area (Å²) < 4.78 is 18.1. The predicted molar refractivity (Wildman–Crippen MR) is 122 cm³/mol. The normalized spacial score (nSPS) is 18.9. The molecule has 7 heteroatoms. The number of nitrogens with two attached hydrogens (primary N) is 1. The minimum absolute atomic E-state index is 0.139. The summed E-state index contributed by atoms with van der Waals surface area (Å²) in [6.07, 6.45) is 6.16. The van der Waals surface area contributed by atoms with Gasteiger partial charge in [-0.15, -0.1) is 0 Å². The predicted octanol–water partition coefficient (Wildman–Crippen LogP) is 4.65. The SMILES string of the molecule is CC(C)(C)CCOc1nccc2c1C1(COC(N)=N1)c1cc(-c3cccnc3)ccc1O2. The first-order valence-electron chi connectivity index (χ1n) is 10.7. The van der Waals surface area contributed by atoms with Gasteiger partial charge in [-0.25, -0.2) is 9.98 Å². The summed E-state index contributed by atoms with van der Waals surface area (Å²) in [6, 6.07) is 11.9. The summed E-state index contributed by atoms with van der Waals surface area (Å²) in [7, 11) is 0. The molecule has 2 aromatic heterocycles. The van der Waals surface area contributed by atoms with Crippen molar-refractivity contribution in [2.24, 2.45) is 16.1 Å². The smallest absolute Gasteiger partial charge is 0.283 e. The highest BCUT2D eigenvalue weighted by molar-refractivity contribution is 5.78. The molecule has 1 atom stereocenters. The molecule has 0 saturated heterocycles. The molecule has 5 rings (SSSR count). The van der Waals surface area contributed by atoms with Crippen LogP contribution in [0.15, 0.2) is 60.0 Å². The Morgan fingerprint density at radius 1 is 1.09 bits per heavy atom. The second-order valence-corrected chi connectivity index (χ2v) is 9.30. The highest BCUT2D eigenvalue weighted by Crippen LogP contribution is 2.54. The lowest BCUT2D eigenvalue weighted by Gasteiger charge is -2.34. The fraction of sp³-hybridized carbons (Fsp3) is 0.320. The summed E-state index contributed by atoms with van der Waals surface area (Å²) in [5.74, 6) is 1.85. The van der Waals surface area contributed by atoms with E-state index in [9.17, 15) is 0 Å². The maximum absolute atomic E-state index is 6.28. The van der Waals surface area contributed by atoms with Gasteiger partial charge in [-0.2, -0.15) is 0 Å². The third-order valence-electron chi connectivity index (χ3n) is 5.75. The number of aliphatic imine (C=N–C) groups is 1. The highest BCUT2D eigenvalue weighted by atomic mass is 16.5. The summed E-state index contributed by atoms with van der Waals surface area (Å²) in [4.78, 5) is 13.5. The van der Waals surface area contributed by atoms with Crippen LogP contribution in [-0.2, 0) is 10.3 Å². The second-order valence-electron chi connectivity index (χ2n) is 9.30. The fourth-order valence-corrected chi connectivity index (χ4v) is 4.06. The summed E-state index contributed by atoms with van der Waals surface area (Å²) in [6.45, 7) is 7.33. The molecule has 1 aromatic carbocycles. The lowest BCUT2D eigenvalue weighted by molar-refractivity contribution is 0.220. The molecule has 2 N–H and O–H groups in total. The molecule has 2 aliphatic heterocycles. The fourth-order valence-electron chi connectivity index (χ4n) is 4.06. The first-order chi connectivity index (χ1) is 15.4. The molecule has 0 aliphatic carbocycles. The van der Waals surface area contributed by atoms with Crippen LogP contribution in [0, 0.1) is 5.41 Å². The van der Waals surface area contributed by atoms with Crippen LogP contribution in [0.3, 0.4) is 0 Å². The van der Waals surface area contributed by atoms with E-state index in [1.54, 1.807) is 12.4 Å². The van der Waals surface area contributed by atoms with Crippen molar-refractivity contribution < 1.29 is 14.2 Å². The van der Waals surface area contributed by atoms with Crippen molar-refractivity contribution in [2.45, 2.75) is 32.7 Å². The Morgan fingerprint density at radius 3 is 2.69 bits per heavy atom. The molecule has 2 aliphatic rings. The van der Waals surface area contributed by atoms with Crippen molar-refractivity contribution in [2.75, 3.05) is 13.2 Å². The lowest BCUT2D eigenvalue weighted by atomic mass is 9.81. The zero-order valence-corrected chi connectivity index (χ0v) is 18.5. The van der Waals surface area contributed by atoms with Gasteiger partial charge in [-0.05, 0) is 41.7 Å². The van der Waals surface area contributed by atoms with Gasteiger partial charge >= 0.3 is 0 Å². The average Bonchev–Trinajstić information content (AvgIpc) is 3.15. The van der Waals surface area contributed by atoms with Crippen molar-refractivity contribution >= 4 is 6.02 Å². The maximum Gasteiger partial charge on any atom is 0.283 e. The molecule has 32 heavy (non-hydrogen) atoms. The molecule has 164 valence electrons. The maximum atomic E-state index is 6.28. The molecule has 0 bridgehead atoms. The average molecular weight is 431 g/mol. The second kappa shape index (κ2) is 7.51. The quantitative estimate of drug-likeness (QED) is 0.648. The zero-order valence-electron chi connectivity index (χ0n) is 18.5. The van der Waals surface area contributed by atoms with Gasteiger partial charge in [0.15, 0.2) is 5.54 Å². The van der Waals surface area contributed by atoms with Gasteiger partial charge < -0.3 is 19.9 Å². The number of rotatable bonds is 4. The molecule has 0 radical (unpaired) electrons. The van der Waals surface area contributed by atoms with Crippen molar-refractivity contribution in [3.8, 4) is 28.5 Å². The van der Waals surface area contributed by atoms with E-state index in [-0.39, 0.29) is 18.0 Å². The van der Waals surface area contributed by atoms with E-state index in [0.29, 0.717) is 24.0 Å². The number of hydrogen-bond donors (Lipinski definition) is 1. The van der Waals surface area contributed by atoms with E-state index in [2.05, 4.69) is 36.8 Å². The van der Waals surface area contributed by atoms with Gasteiger partial charge in [0.05, 0.1) is 12.2 Å². The Hall–Kier alpha value is -3.61. The van der Waals surface area contributed by atoms with Gasteiger partial charge in [-0.3, -0.25) is 4.98 Å². The monoisotopic (exact) mass is 430 g/mol. The number of hydrogen-bond acceptors (Lipinski definition) is 7. The van der Waals surface area contributed by atoms with Gasteiger partial charge in [0.1, 0.15) is 18.1 Å². The standard InChI is InChI=1S/C25H26N4O3/c1-24(2,3)9-12-30-22-21-20(8-11-28-22)32-19-7-6-16(17-5-4-10-27-14-17)13-18(19)25(21)15-31-23(26)29-25/h4-8,10-11,13-14H,9,12,15H2,1-3H3,(H2,26,29). The van der Waals surface area contributed by atoms with Crippen LogP contribution in [0.5, 0.6) is 17.4 Å². The van der Waals surface area contributed by atoms with Gasteiger partial charge in [0.25, 0.3) is 6.02 Å². The van der Waals surface area contributed by atoms with E-state index in [4.69, 9.17) is 24.9 Å².